The van der Waals surface area contributed by atoms with Crippen LogP contribution in [0, 0.1) is 11.3 Å². The highest BCUT2D eigenvalue weighted by atomic mass is 16.5. The van der Waals surface area contributed by atoms with Crippen molar-refractivity contribution in [2.24, 2.45) is 0 Å². The summed E-state index contributed by atoms with van der Waals surface area (Å²) in [5, 5.41) is 11.7. The molecule has 0 radical (unpaired) electrons. The fraction of sp³-hybridized carbons (Fsp3) is 0.318. The van der Waals surface area contributed by atoms with Gasteiger partial charge in [0.15, 0.2) is 5.78 Å². The van der Waals surface area contributed by atoms with Crippen LogP contribution in [0.2, 0.25) is 0 Å². The van der Waals surface area contributed by atoms with E-state index >= 15 is 0 Å². The van der Waals surface area contributed by atoms with Crippen LogP contribution in [0.4, 0.5) is 0 Å². The van der Waals surface area contributed by atoms with Crippen LogP contribution in [0.15, 0.2) is 48.5 Å². The Kier molecular flexibility index (Phi) is 7.57. The lowest BCUT2D eigenvalue weighted by Crippen LogP contribution is -2.26. The second-order valence-corrected chi connectivity index (χ2v) is 6.32. The molecular weight excluding hydrogens is 340 g/mol. The number of nitriles is 1. The zero-order chi connectivity index (χ0) is 19.6. The number of carbonyl (C=O) groups is 2. The second-order valence-electron chi connectivity index (χ2n) is 6.32. The minimum absolute atomic E-state index is 0.0711. The standard InChI is InChI=1S/C22H24N2O3/c1-3-14-27-20-10-8-19(9-11-20)21(25)12-13-22(26)24-16(2)18-6-4-17(15-23)5-7-18/h4-11,16H,3,12-14H2,1-2H3,(H,24,26). The number of benzene rings is 2. The number of hydrogen-bond acceptors (Lipinski definition) is 4. The number of hydrogen-bond donors (Lipinski definition) is 1. The van der Waals surface area contributed by atoms with Crippen molar-refractivity contribution < 1.29 is 14.3 Å². The van der Waals surface area contributed by atoms with E-state index in [0.717, 1.165) is 17.7 Å². The topological polar surface area (TPSA) is 79.2 Å². The molecule has 0 spiro atoms. The molecule has 0 aromatic heterocycles. The molecule has 1 atom stereocenters. The normalized spacial score (nSPS) is 11.3. The van der Waals surface area contributed by atoms with Gasteiger partial charge in [-0.15, -0.1) is 0 Å². The van der Waals surface area contributed by atoms with Gasteiger partial charge in [0.25, 0.3) is 0 Å². The van der Waals surface area contributed by atoms with Crippen LogP contribution in [0.1, 0.15) is 60.6 Å². The van der Waals surface area contributed by atoms with Crippen molar-refractivity contribution in [2.45, 2.75) is 39.2 Å². The zero-order valence-electron chi connectivity index (χ0n) is 15.7. The number of rotatable bonds is 9. The van der Waals surface area contributed by atoms with Gasteiger partial charge in [-0.25, -0.2) is 0 Å². The van der Waals surface area contributed by atoms with Crippen LogP contribution in [0.3, 0.4) is 0 Å². The molecule has 140 valence electrons. The van der Waals surface area contributed by atoms with Crippen LogP contribution in [0.5, 0.6) is 5.75 Å². The molecule has 0 aliphatic carbocycles. The van der Waals surface area contributed by atoms with E-state index in [0.29, 0.717) is 17.7 Å². The van der Waals surface area contributed by atoms with E-state index in [-0.39, 0.29) is 30.6 Å². The van der Waals surface area contributed by atoms with E-state index in [1.165, 1.54) is 0 Å². The highest BCUT2D eigenvalue weighted by Crippen LogP contribution is 2.16. The molecule has 1 N–H and O–H groups in total. The highest BCUT2D eigenvalue weighted by Gasteiger charge is 2.13. The smallest absolute Gasteiger partial charge is 0.220 e. The summed E-state index contributed by atoms with van der Waals surface area (Å²) in [5.41, 5.74) is 2.07. The molecule has 0 heterocycles. The quantitative estimate of drug-likeness (QED) is 0.677. The Morgan fingerprint density at radius 2 is 1.74 bits per heavy atom. The summed E-state index contributed by atoms with van der Waals surface area (Å²) in [6.07, 6.45) is 1.21. The Bertz CT molecular complexity index is 805. The lowest BCUT2D eigenvalue weighted by molar-refractivity contribution is -0.121. The zero-order valence-corrected chi connectivity index (χ0v) is 15.7. The first-order valence-corrected chi connectivity index (χ1v) is 9.09. The molecule has 2 rings (SSSR count). The van der Waals surface area contributed by atoms with Crippen LogP contribution >= 0.6 is 0 Å². The minimum atomic E-state index is -0.185. The predicted molar refractivity (Wildman–Crippen MR) is 104 cm³/mol. The fourth-order valence-corrected chi connectivity index (χ4v) is 2.57. The molecular formula is C22H24N2O3. The Balaban J connectivity index is 1.81. The number of nitrogens with zero attached hydrogens (tertiary/aromatic N) is 1. The number of nitrogens with one attached hydrogen (secondary N) is 1. The largest absolute Gasteiger partial charge is 0.494 e. The van der Waals surface area contributed by atoms with Gasteiger partial charge in [0.1, 0.15) is 5.75 Å². The van der Waals surface area contributed by atoms with Crippen molar-refractivity contribution >= 4 is 11.7 Å². The lowest BCUT2D eigenvalue weighted by atomic mass is 10.0. The molecule has 5 heteroatoms. The van der Waals surface area contributed by atoms with Crippen LogP contribution in [0.25, 0.3) is 0 Å². The van der Waals surface area contributed by atoms with Crippen molar-refractivity contribution in [3.05, 3.63) is 65.2 Å². The van der Waals surface area contributed by atoms with Gasteiger partial charge < -0.3 is 10.1 Å². The summed E-state index contributed by atoms with van der Waals surface area (Å²) < 4.78 is 5.50. The number of amides is 1. The third kappa shape index (κ3) is 6.27. The summed E-state index contributed by atoms with van der Waals surface area (Å²) in [6.45, 7) is 4.55. The van der Waals surface area contributed by atoms with Gasteiger partial charge >= 0.3 is 0 Å². The van der Waals surface area contributed by atoms with E-state index in [1.807, 2.05) is 26.0 Å². The van der Waals surface area contributed by atoms with Crippen LogP contribution in [-0.2, 0) is 4.79 Å². The summed E-state index contributed by atoms with van der Waals surface area (Å²) in [5.74, 6) is 0.490. The molecule has 0 aliphatic heterocycles. The summed E-state index contributed by atoms with van der Waals surface area (Å²) >= 11 is 0. The maximum Gasteiger partial charge on any atom is 0.220 e. The maximum absolute atomic E-state index is 12.2. The molecule has 1 unspecified atom stereocenters. The van der Waals surface area contributed by atoms with Crippen LogP contribution in [-0.4, -0.2) is 18.3 Å². The third-order valence-corrected chi connectivity index (χ3v) is 4.15. The summed E-state index contributed by atoms with van der Waals surface area (Å²) in [4.78, 5) is 24.4. The first kappa shape index (κ1) is 20.2. The fourth-order valence-electron chi connectivity index (χ4n) is 2.57. The van der Waals surface area contributed by atoms with Gasteiger partial charge in [-0.05, 0) is 55.3 Å². The average molecular weight is 364 g/mol. The molecule has 5 nitrogen and oxygen atoms in total. The van der Waals surface area contributed by atoms with Crippen molar-refractivity contribution in [1.82, 2.24) is 5.32 Å². The van der Waals surface area contributed by atoms with Crippen molar-refractivity contribution in [3.63, 3.8) is 0 Å². The highest BCUT2D eigenvalue weighted by molar-refractivity contribution is 5.98. The monoisotopic (exact) mass is 364 g/mol. The number of ketones is 1. The van der Waals surface area contributed by atoms with E-state index in [2.05, 4.69) is 11.4 Å². The van der Waals surface area contributed by atoms with Gasteiger partial charge in [-0.1, -0.05) is 19.1 Å². The Hall–Kier alpha value is -3.13. The molecule has 0 bridgehead atoms. The first-order valence-electron chi connectivity index (χ1n) is 9.09. The van der Waals surface area contributed by atoms with Gasteiger partial charge in [-0.3, -0.25) is 9.59 Å². The third-order valence-electron chi connectivity index (χ3n) is 4.15. The molecule has 2 aromatic carbocycles. The molecule has 0 saturated heterocycles. The SMILES string of the molecule is CCCOc1ccc(C(=O)CCC(=O)NC(C)c2ccc(C#N)cc2)cc1. The van der Waals surface area contributed by atoms with Crippen molar-refractivity contribution in [2.75, 3.05) is 6.61 Å². The Morgan fingerprint density at radius 1 is 1.07 bits per heavy atom. The predicted octanol–water partition coefficient (Wildman–Crippen LogP) is 4.19. The first-order chi connectivity index (χ1) is 13.0. The molecule has 2 aromatic rings. The van der Waals surface area contributed by atoms with E-state index in [4.69, 9.17) is 10.00 Å². The van der Waals surface area contributed by atoms with Crippen molar-refractivity contribution in [1.29, 1.82) is 5.26 Å². The minimum Gasteiger partial charge on any atom is -0.494 e. The Morgan fingerprint density at radius 3 is 2.33 bits per heavy atom. The van der Waals surface area contributed by atoms with Gasteiger partial charge in [0.05, 0.1) is 24.3 Å². The maximum atomic E-state index is 12.2. The molecule has 27 heavy (non-hydrogen) atoms. The summed E-state index contributed by atoms with van der Waals surface area (Å²) in [6, 6.07) is 15.9. The van der Waals surface area contributed by atoms with Gasteiger partial charge in [0, 0.05) is 18.4 Å². The lowest BCUT2D eigenvalue weighted by Gasteiger charge is -2.14. The van der Waals surface area contributed by atoms with Gasteiger partial charge in [-0.2, -0.15) is 5.26 Å². The van der Waals surface area contributed by atoms with Crippen LogP contribution < -0.4 is 10.1 Å². The summed E-state index contributed by atoms with van der Waals surface area (Å²) in [7, 11) is 0. The Labute approximate surface area is 160 Å². The molecule has 1 amide bonds. The van der Waals surface area contributed by atoms with E-state index in [1.54, 1.807) is 36.4 Å². The number of carbonyl (C=O) groups excluding carboxylic acids is 2. The van der Waals surface area contributed by atoms with E-state index < -0.39 is 0 Å². The molecule has 0 aliphatic rings. The second kappa shape index (κ2) is 10.1. The van der Waals surface area contributed by atoms with Gasteiger partial charge in [0.2, 0.25) is 5.91 Å². The number of Topliss-reactive ketones (excluding diaryl/α,β-unsaturated/α-hetero) is 1. The molecule has 0 saturated carbocycles. The average Bonchev–Trinajstić information content (AvgIpc) is 2.70. The molecule has 0 fully saturated rings. The van der Waals surface area contributed by atoms with E-state index in [9.17, 15) is 9.59 Å². The van der Waals surface area contributed by atoms with Crippen molar-refractivity contribution in [3.8, 4) is 11.8 Å². The number of ether oxygens (including phenoxy) is 1.